The molecule has 1 heterocycles. The lowest BCUT2D eigenvalue weighted by atomic mass is 9.84. The van der Waals surface area contributed by atoms with Crippen LogP contribution < -0.4 is 10.2 Å². The zero-order valence-electron chi connectivity index (χ0n) is 26.1. The maximum atomic E-state index is 14.0. The second kappa shape index (κ2) is 15.2. The molecule has 2 N–H and O–H groups in total. The van der Waals surface area contributed by atoms with Crippen molar-refractivity contribution in [2.75, 3.05) is 33.8 Å². The molecule has 13 heteroatoms. The summed E-state index contributed by atoms with van der Waals surface area (Å²) in [6.45, 7) is 6.01. The predicted octanol–water partition coefficient (Wildman–Crippen LogP) is 3.78. The Balaban J connectivity index is 1.75. The Kier molecular flexibility index (Phi) is 12.2. The summed E-state index contributed by atoms with van der Waals surface area (Å²) >= 11 is 0. The lowest BCUT2D eigenvalue weighted by Crippen LogP contribution is -2.51. The van der Waals surface area contributed by atoms with Crippen LogP contribution in [0.3, 0.4) is 0 Å². The number of piperidine rings is 1. The Bertz CT molecular complexity index is 1190. The Morgan fingerprint density at radius 3 is 2.19 bits per heavy atom. The number of hydroxylamine groups is 1. The minimum Gasteiger partial charge on any atom is -0.497 e. The van der Waals surface area contributed by atoms with E-state index in [9.17, 15) is 28.0 Å². The molecular formula is C30H48N4O8S. The van der Waals surface area contributed by atoms with Crippen molar-refractivity contribution >= 4 is 27.9 Å². The van der Waals surface area contributed by atoms with Crippen molar-refractivity contribution in [3.63, 3.8) is 0 Å². The van der Waals surface area contributed by atoms with Crippen molar-refractivity contribution in [3.8, 4) is 5.75 Å². The van der Waals surface area contributed by atoms with E-state index in [1.165, 1.54) is 31.4 Å². The second-order valence-corrected chi connectivity index (χ2v) is 14.4. The lowest BCUT2D eigenvalue weighted by Gasteiger charge is -2.37. The molecule has 1 saturated heterocycles. The van der Waals surface area contributed by atoms with Crippen LogP contribution in [-0.2, 0) is 24.3 Å². The summed E-state index contributed by atoms with van der Waals surface area (Å²) in [4.78, 5) is 42.0. The second-order valence-electron chi connectivity index (χ2n) is 12.5. The molecule has 1 aromatic rings. The van der Waals surface area contributed by atoms with Crippen molar-refractivity contribution in [2.24, 2.45) is 5.92 Å². The normalized spacial score (nSPS) is 17.8. The van der Waals surface area contributed by atoms with Crippen molar-refractivity contribution in [3.05, 3.63) is 24.3 Å². The molecule has 1 unspecified atom stereocenters. The molecule has 43 heavy (non-hydrogen) atoms. The van der Waals surface area contributed by atoms with Gasteiger partial charge in [0.2, 0.25) is 15.9 Å². The van der Waals surface area contributed by atoms with Gasteiger partial charge in [-0.15, -0.1) is 0 Å². The van der Waals surface area contributed by atoms with Crippen LogP contribution in [-0.4, -0.2) is 97.1 Å². The molecule has 3 rings (SSSR count). The van der Waals surface area contributed by atoms with E-state index in [0.717, 1.165) is 36.4 Å². The van der Waals surface area contributed by atoms with E-state index in [1.54, 1.807) is 22.3 Å². The van der Waals surface area contributed by atoms with Crippen LogP contribution in [0.1, 0.15) is 78.6 Å². The van der Waals surface area contributed by atoms with Crippen LogP contribution >= 0.6 is 0 Å². The number of benzene rings is 1. The summed E-state index contributed by atoms with van der Waals surface area (Å²) in [5.41, 5.74) is 1.05. The molecule has 1 aliphatic heterocycles. The highest BCUT2D eigenvalue weighted by atomic mass is 32.2. The number of ether oxygens (including phenoxy) is 2. The fourth-order valence-corrected chi connectivity index (χ4v) is 7.44. The fraction of sp³-hybridized carbons (Fsp3) is 0.700. The molecule has 0 aromatic heterocycles. The molecule has 0 bridgehead atoms. The van der Waals surface area contributed by atoms with Crippen molar-refractivity contribution in [1.82, 2.24) is 19.6 Å². The molecule has 0 spiro atoms. The highest BCUT2D eigenvalue weighted by Gasteiger charge is 2.38. The first-order chi connectivity index (χ1) is 20.3. The summed E-state index contributed by atoms with van der Waals surface area (Å²) in [5.74, 6) is -0.454. The standard InChI is InChI=1S/C30H48N4O8S/c1-30(2,3)42-29(37)32(4)23-15-18-33(19-16-23)27(35)17-20-34(43(39,40)25-13-11-24(41-5)12-14-25)26(28(36)31-38)21-22-9-7-6-8-10-22/h11-14,22-23,26,38H,6-10,15-21H2,1-5H3,(H,31,36). The molecule has 0 radical (unpaired) electrons. The molecule has 12 nitrogen and oxygen atoms in total. The Hall–Kier alpha value is -2.90. The topological polar surface area (TPSA) is 146 Å². The molecule has 1 aromatic carbocycles. The van der Waals surface area contributed by atoms with Gasteiger partial charge in [-0.2, -0.15) is 4.31 Å². The average molecular weight is 625 g/mol. The lowest BCUT2D eigenvalue weighted by molar-refractivity contribution is -0.136. The summed E-state index contributed by atoms with van der Waals surface area (Å²) in [5, 5.41) is 9.59. The molecule has 2 fully saturated rings. The summed E-state index contributed by atoms with van der Waals surface area (Å²) in [6.07, 6.45) is 5.66. The van der Waals surface area contributed by atoms with Crippen molar-refractivity contribution < 1.29 is 37.5 Å². The number of likely N-dealkylation sites (tertiary alicyclic amines) is 1. The third-order valence-electron chi connectivity index (χ3n) is 8.30. The highest BCUT2D eigenvalue weighted by Crippen LogP contribution is 2.31. The quantitative estimate of drug-likeness (QED) is 0.280. The summed E-state index contributed by atoms with van der Waals surface area (Å²) < 4.78 is 39.6. The average Bonchev–Trinajstić information content (AvgIpc) is 2.99. The minimum absolute atomic E-state index is 0.0360. The largest absolute Gasteiger partial charge is 0.497 e. The van der Waals surface area contributed by atoms with E-state index in [1.807, 2.05) is 20.8 Å². The monoisotopic (exact) mass is 624 g/mol. The fourth-order valence-electron chi connectivity index (χ4n) is 5.84. The smallest absolute Gasteiger partial charge is 0.410 e. The van der Waals surface area contributed by atoms with Gasteiger partial charge in [-0.1, -0.05) is 32.1 Å². The number of carbonyl (C=O) groups is 3. The third-order valence-corrected chi connectivity index (χ3v) is 10.2. The molecule has 1 aliphatic carbocycles. The number of hydrogen-bond donors (Lipinski definition) is 2. The van der Waals surface area contributed by atoms with Gasteiger partial charge in [-0.05, 0) is 70.2 Å². The van der Waals surface area contributed by atoms with E-state index in [2.05, 4.69) is 0 Å². The minimum atomic E-state index is -4.23. The molecule has 1 atom stereocenters. The first-order valence-corrected chi connectivity index (χ1v) is 16.5. The Morgan fingerprint density at radius 1 is 1.05 bits per heavy atom. The summed E-state index contributed by atoms with van der Waals surface area (Å²) in [6, 6.07) is 4.60. The van der Waals surface area contributed by atoms with Crippen LogP contribution in [0.25, 0.3) is 0 Å². The molecule has 1 saturated carbocycles. The number of rotatable bonds is 11. The van der Waals surface area contributed by atoms with Crippen LogP contribution in [0.2, 0.25) is 0 Å². The van der Waals surface area contributed by atoms with Gasteiger partial charge in [-0.3, -0.25) is 14.8 Å². The maximum absolute atomic E-state index is 14.0. The van der Waals surface area contributed by atoms with Gasteiger partial charge in [0, 0.05) is 39.1 Å². The Labute approximate surface area is 255 Å². The van der Waals surface area contributed by atoms with Crippen LogP contribution in [0.15, 0.2) is 29.2 Å². The van der Waals surface area contributed by atoms with E-state index >= 15 is 0 Å². The zero-order chi connectivity index (χ0) is 31.8. The van der Waals surface area contributed by atoms with Crippen LogP contribution in [0, 0.1) is 5.92 Å². The number of nitrogens with zero attached hydrogens (tertiary/aromatic N) is 3. The number of nitrogens with one attached hydrogen (secondary N) is 1. The number of hydrogen-bond acceptors (Lipinski definition) is 8. The van der Waals surface area contributed by atoms with Gasteiger partial charge >= 0.3 is 6.09 Å². The van der Waals surface area contributed by atoms with Crippen LogP contribution in [0.4, 0.5) is 4.79 Å². The van der Waals surface area contributed by atoms with E-state index in [-0.39, 0.29) is 42.1 Å². The molecule has 242 valence electrons. The summed E-state index contributed by atoms with van der Waals surface area (Å²) in [7, 11) is -1.06. The van der Waals surface area contributed by atoms with Gasteiger partial charge < -0.3 is 19.3 Å². The Morgan fingerprint density at radius 2 is 1.65 bits per heavy atom. The predicted molar refractivity (Wildman–Crippen MR) is 160 cm³/mol. The maximum Gasteiger partial charge on any atom is 0.410 e. The van der Waals surface area contributed by atoms with Gasteiger partial charge in [0.05, 0.1) is 12.0 Å². The van der Waals surface area contributed by atoms with Crippen molar-refractivity contribution in [1.29, 1.82) is 0 Å². The number of carbonyl (C=O) groups excluding carboxylic acids is 3. The van der Waals surface area contributed by atoms with Gasteiger partial charge in [0.15, 0.2) is 0 Å². The van der Waals surface area contributed by atoms with E-state index in [4.69, 9.17) is 9.47 Å². The van der Waals surface area contributed by atoms with Gasteiger partial charge in [0.1, 0.15) is 17.4 Å². The van der Waals surface area contributed by atoms with E-state index < -0.39 is 33.7 Å². The number of sulfonamides is 1. The number of amides is 3. The first kappa shape index (κ1) is 34.6. The molecular weight excluding hydrogens is 576 g/mol. The van der Waals surface area contributed by atoms with E-state index in [0.29, 0.717) is 31.7 Å². The zero-order valence-corrected chi connectivity index (χ0v) is 26.9. The SMILES string of the molecule is COc1ccc(S(=O)(=O)N(CCC(=O)N2CCC(N(C)C(=O)OC(C)(C)C)CC2)C(CC2CCCCC2)C(=O)NO)cc1. The third kappa shape index (κ3) is 9.54. The molecule has 3 amide bonds. The highest BCUT2D eigenvalue weighted by molar-refractivity contribution is 7.89. The first-order valence-electron chi connectivity index (χ1n) is 15.1. The van der Waals surface area contributed by atoms with Gasteiger partial charge in [0.25, 0.3) is 5.91 Å². The van der Waals surface area contributed by atoms with Crippen LogP contribution in [0.5, 0.6) is 5.75 Å². The molecule has 2 aliphatic rings. The van der Waals surface area contributed by atoms with Gasteiger partial charge in [-0.25, -0.2) is 18.7 Å². The van der Waals surface area contributed by atoms with Crippen molar-refractivity contribution in [2.45, 2.75) is 101 Å². The number of methoxy groups -OCH3 is 1.